The van der Waals surface area contributed by atoms with Crippen molar-refractivity contribution in [3.05, 3.63) is 77.1 Å². The van der Waals surface area contributed by atoms with Crippen LogP contribution in [0.25, 0.3) is 11.1 Å². The highest BCUT2D eigenvalue weighted by molar-refractivity contribution is 6.31. The molecular weight excluding hydrogens is 421 g/mol. The summed E-state index contributed by atoms with van der Waals surface area (Å²) < 4.78 is 49.0. The molecule has 0 spiro atoms. The molecule has 156 valence electrons. The van der Waals surface area contributed by atoms with Crippen LogP contribution in [0.1, 0.15) is 11.1 Å². The van der Waals surface area contributed by atoms with Crippen LogP contribution in [-0.4, -0.2) is 18.2 Å². The maximum atomic E-state index is 12.9. The lowest BCUT2D eigenvalue weighted by atomic mass is 10.1. The van der Waals surface area contributed by atoms with Crippen LogP contribution in [0.3, 0.4) is 0 Å². The second kappa shape index (κ2) is 9.04. The smallest absolute Gasteiger partial charge is 0.417 e. The van der Waals surface area contributed by atoms with Crippen LogP contribution in [0.15, 0.2) is 60.9 Å². The van der Waals surface area contributed by atoms with Gasteiger partial charge in [0.2, 0.25) is 0 Å². The van der Waals surface area contributed by atoms with Gasteiger partial charge in [0.15, 0.2) is 0 Å². The lowest BCUT2D eigenvalue weighted by Gasteiger charge is -2.12. The van der Waals surface area contributed by atoms with Crippen molar-refractivity contribution in [3.8, 4) is 16.9 Å². The van der Waals surface area contributed by atoms with Crippen molar-refractivity contribution in [3.63, 3.8) is 0 Å². The zero-order chi connectivity index (χ0) is 21.7. The Labute approximate surface area is 175 Å². The number of alkyl halides is 3. The molecule has 1 aromatic heterocycles. The summed E-state index contributed by atoms with van der Waals surface area (Å²) in [6.45, 7) is -0.0726. The first-order valence-corrected chi connectivity index (χ1v) is 9.03. The molecule has 0 aliphatic carbocycles. The molecule has 2 aromatic carbocycles. The summed E-state index contributed by atoms with van der Waals surface area (Å²) in [6.07, 6.45) is -2.26. The number of hydrogen-bond donors (Lipinski definition) is 1. The minimum Gasteiger partial charge on any atom is -0.495 e. The molecule has 1 heterocycles. The van der Waals surface area contributed by atoms with Crippen LogP contribution >= 0.6 is 11.6 Å². The number of pyridine rings is 1. The molecule has 0 aliphatic heterocycles. The molecular formula is C21H16ClF3N2O3. The van der Waals surface area contributed by atoms with E-state index in [0.717, 1.165) is 23.3 Å². The van der Waals surface area contributed by atoms with E-state index in [1.165, 1.54) is 6.07 Å². The first kappa shape index (κ1) is 21.4. The van der Waals surface area contributed by atoms with E-state index in [4.69, 9.17) is 21.1 Å². The number of aromatic nitrogens is 1. The van der Waals surface area contributed by atoms with E-state index in [0.29, 0.717) is 11.3 Å². The Bertz CT molecular complexity index is 1060. The molecule has 0 saturated heterocycles. The van der Waals surface area contributed by atoms with E-state index in [-0.39, 0.29) is 12.3 Å². The van der Waals surface area contributed by atoms with Crippen LogP contribution in [0.2, 0.25) is 5.02 Å². The van der Waals surface area contributed by atoms with Crippen LogP contribution in [-0.2, 0) is 17.5 Å². The number of amides is 1. The molecule has 0 saturated carbocycles. The molecule has 3 aromatic rings. The quantitative estimate of drug-likeness (QED) is 0.519. The van der Waals surface area contributed by atoms with Crippen molar-refractivity contribution in [2.75, 3.05) is 12.4 Å². The number of carbonyl (C=O) groups is 1. The third kappa shape index (κ3) is 5.42. The Morgan fingerprint density at radius 3 is 2.63 bits per heavy atom. The van der Waals surface area contributed by atoms with Crippen LogP contribution in [0.4, 0.5) is 23.7 Å². The highest BCUT2D eigenvalue weighted by Crippen LogP contribution is 2.36. The van der Waals surface area contributed by atoms with Gasteiger partial charge in [0, 0.05) is 17.4 Å². The zero-order valence-corrected chi connectivity index (χ0v) is 16.4. The third-order valence-electron chi connectivity index (χ3n) is 4.10. The van der Waals surface area contributed by atoms with Crippen molar-refractivity contribution < 1.29 is 27.4 Å². The Morgan fingerprint density at radius 2 is 1.90 bits per heavy atom. The second-order valence-electron chi connectivity index (χ2n) is 6.21. The molecule has 0 bridgehead atoms. The zero-order valence-electron chi connectivity index (χ0n) is 15.7. The van der Waals surface area contributed by atoms with Gasteiger partial charge >= 0.3 is 12.3 Å². The first-order chi connectivity index (χ1) is 14.3. The van der Waals surface area contributed by atoms with Gasteiger partial charge in [0.05, 0.1) is 23.9 Å². The van der Waals surface area contributed by atoms with Crippen LogP contribution < -0.4 is 10.1 Å². The summed E-state index contributed by atoms with van der Waals surface area (Å²) in [7, 11) is 1.54. The number of hydrogen-bond acceptors (Lipinski definition) is 4. The molecule has 9 heteroatoms. The molecule has 1 N–H and O–H groups in total. The van der Waals surface area contributed by atoms with Gasteiger partial charge < -0.3 is 9.47 Å². The number of methoxy groups -OCH3 is 1. The third-order valence-corrected chi connectivity index (χ3v) is 4.43. The van der Waals surface area contributed by atoms with E-state index in [9.17, 15) is 18.0 Å². The average Bonchev–Trinajstić information content (AvgIpc) is 2.73. The van der Waals surface area contributed by atoms with Gasteiger partial charge in [0.1, 0.15) is 12.4 Å². The summed E-state index contributed by atoms with van der Waals surface area (Å²) in [6, 6.07) is 12.1. The molecule has 0 radical (unpaired) electrons. The topological polar surface area (TPSA) is 60.5 Å². The number of rotatable bonds is 5. The Balaban J connectivity index is 1.65. The predicted molar refractivity (Wildman–Crippen MR) is 106 cm³/mol. The van der Waals surface area contributed by atoms with Gasteiger partial charge in [-0.15, -0.1) is 0 Å². The number of halogens is 4. The number of benzene rings is 2. The Hall–Kier alpha value is -3.26. The van der Waals surface area contributed by atoms with Gasteiger partial charge in [-0.05, 0) is 41.5 Å². The highest BCUT2D eigenvalue weighted by atomic mass is 35.5. The van der Waals surface area contributed by atoms with Crippen molar-refractivity contribution in [1.29, 1.82) is 0 Å². The van der Waals surface area contributed by atoms with Gasteiger partial charge in [-0.3, -0.25) is 10.3 Å². The second-order valence-corrected chi connectivity index (χ2v) is 6.61. The van der Waals surface area contributed by atoms with Crippen molar-refractivity contribution >= 4 is 23.4 Å². The minimum atomic E-state index is -4.63. The molecule has 0 fully saturated rings. The summed E-state index contributed by atoms with van der Waals surface area (Å²) in [5.41, 5.74) is 1.24. The Kier molecular flexibility index (Phi) is 6.47. The lowest BCUT2D eigenvalue weighted by molar-refractivity contribution is -0.137. The fourth-order valence-corrected chi connectivity index (χ4v) is 2.88. The summed E-state index contributed by atoms with van der Waals surface area (Å²) >= 11 is 5.57. The number of anilines is 1. The molecule has 30 heavy (non-hydrogen) atoms. The number of ether oxygens (including phenoxy) is 2. The van der Waals surface area contributed by atoms with E-state index in [2.05, 4.69) is 10.3 Å². The largest absolute Gasteiger partial charge is 0.495 e. The molecule has 3 rings (SSSR count). The highest BCUT2D eigenvalue weighted by Gasteiger charge is 2.33. The summed E-state index contributed by atoms with van der Waals surface area (Å²) in [5, 5.41) is 1.81. The SMILES string of the molecule is COc1cncc(-c2cccc(COC(=O)Nc3ccc(Cl)c(C(F)(F)F)c3)c2)c1. The Morgan fingerprint density at radius 1 is 1.10 bits per heavy atom. The monoisotopic (exact) mass is 436 g/mol. The number of nitrogens with zero attached hydrogens (tertiary/aromatic N) is 1. The fourth-order valence-electron chi connectivity index (χ4n) is 2.65. The van der Waals surface area contributed by atoms with Crippen LogP contribution in [0, 0.1) is 0 Å². The molecule has 1 amide bonds. The van der Waals surface area contributed by atoms with Gasteiger partial charge in [-0.2, -0.15) is 13.2 Å². The van der Waals surface area contributed by atoms with Gasteiger partial charge in [-0.25, -0.2) is 4.79 Å². The summed E-state index contributed by atoms with van der Waals surface area (Å²) in [5.74, 6) is 0.606. The van der Waals surface area contributed by atoms with Crippen molar-refractivity contribution in [2.24, 2.45) is 0 Å². The predicted octanol–water partition coefficient (Wildman–Crippen LogP) is 6.18. The average molecular weight is 437 g/mol. The minimum absolute atomic E-state index is 0.0726. The van der Waals surface area contributed by atoms with Crippen molar-refractivity contribution in [2.45, 2.75) is 12.8 Å². The maximum Gasteiger partial charge on any atom is 0.417 e. The van der Waals surface area contributed by atoms with Crippen molar-refractivity contribution in [1.82, 2.24) is 4.98 Å². The van der Waals surface area contributed by atoms with E-state index in [1.54, 1.807) is 31.6 Å². The normalized spacial score (nSPS) is 11.1. The molecule has 5 nitrogen and oxygen atoms in total. The fraction of sp³-hybridized carbons (Fsp3) is 0.143. The first-order valence-electron chi connectivity index (χ1n) is 8.65. The van der Waals surface area contributed by atoms with E-state index >= 15 is 0 Å². The van der Waals surface area contributed by atoms with E-state index in [1.807, 2.05) is 18.2 Å². The van der Waals surface area contributed by atoms with E-state index < -0.39 is 22.9 Å². The molecule has 0 unspecified atom stereocenters. The van der Waals surface area contributed by atoms with Gasteiger partial charge in [-0.1, -0.05) is 29.8 Å². The number of carbonyl (C=O) groups excluding carboxylic acids is 1. The summed E-state index contributed by atoms with van der Waals surface area (Å²) in [4.78, 5) is 16.1. The number of nitrogens with one attached hydrogen (secondary N) is 1. The maximum absolute atomic E-state index is 12.9. The molecule has 0 aliphatic rings. The standard InChI is InChI=1S/C21H16ClF3N2O3/c1-29-17-8-15(10-26-11-17)14-4-2-3-13(7-14)12-30-20(28)27-16-5-6-19(22)18(9-16)21(23,24)25/h2-11H,12H2,1H3,(H,27,28). The lowest BCUT2D eigenvalue weighted by Crippen LogP contribution is -2.14. The molecule has 0 atom stereocenters. The van der Waals surface area contributed by atoms with Crippen LogP contribution in [0.5, 0.6) is 5.75 Å². The van der Waals surface area contributed by atoms with Gasteiger partial charge in [0.25, 0.3) is 0 Å².